The summed E-state index contributed by atoms with van der Waals surface area (Å²) in [4.78, 5) is 42.8. The third-order valence-electron chi connectivity index (χ3n) is 5.60. The summed E-state index contributed by atoms with van der Waals surface area (Å²) in [6, 6.07) is 17.2. The van der Waals surface area contributed by atoms with Gasteiger partial charge >= 0.3 is 5.69 Å². The van der Waals surface area contributed by atoms with Crippen LogP contribution in [0, 0.1) is 0 Å². The molecule has 0 aliphatic carbocycles. The summed E-state index contributed by atoms with van der Waals surface area (Å²) < 4.78 is 19.0. The lowest BCUT2D eigenvalue weighted by Gasteiger charge is -2.18. The van der Waals surface area contributed by atoms with E-state index in [0.717, 1.165) is 27.5 Å². The topological polar surface area (TPSA) is 143 Å². The first-order valence-corrected chi connectivity index (χ1v) is 10.4. The van der Waals surface area contributed by atoms with Gasteiger partial charge < -0.3 is 20.3 Å². The number of carbonyl (C=O) groups excluding carboxylic acids is 1. The Morgan fingerprint density at radius 3 is 2.44 bits per heavy atom. The Hall–Kier alpha value is -3.64. The molecular formula is C23H22FN3O7. The van der Waals surface area contributed by atoms with Crippen molar-refractivity contribution < 1.29 is 29.2 Å². The summed E-state index contributed by atoms with van der Waals surface area (Å²) in [5, 5.41) is 21.8. The number of halogens is 1. The van der Waals surface area contributed by atoms with Crippen LogP contribution < -0.4 is 16.6 Å². The molecule has 1 amide bonds. The molecule has 4 N–H and O–H groups in total. The number of hydrogen-bond donors (Lipinski definition) is 4. The molecule has 1 saturated heterocycles. The van der Waals surface area contributed by atoms with Gasteiger partial charge in [0, 0.05) is 12.7 Å². The van der Waals surface area contributed by atoms with Crippen molar-refractivity contribution in [2.75, 3.05) is 6.61 Å². The summed E-state index contributed by atoms with van der Waals surface area (Å²) in [5.41, 5.74) is 0.443. The molecule has 0 bridgehead atoms. The van der Waals surface area contributed by atoms with Gasteiger partial charge in [-0.3, -0.25) is 19.1 Å². The lowest BCUT2D eigenvalue weighted by molar-refractivity contribution is -0.221. The van der Waals surface area contributed by atoms with E-state index in [2.05, 4.69) is 10.3 Å². The SMILES string of the molecule is O=C(NCc1ccc(-c2ccccc2)cc1)c1cn([C@@H]2O[C@H](CO)[C@H](O)[C@H]2OF)c(=O)[nH]c1=O. The maximum Gasteiger partial charge on any atom is 0.330 e. The van der Waals surface area contributed by atoms with Gasteiger partial charge in [-0.2, -0.15) is 4.94 Å². The fourth-order valence-corrected chi connectivity index (χ4v) is 3.75. The van der Waals surface area contributed by atoms with E-state index in [4.69, 9.17) is 4.74 Å². The third-order valence-corrected chi connectivity index (χ3v) is 5.60. The van der Waals surface area contributed by atoms with Gasteiger partial charge in [0.25, 0.3) is 11.5 Å². The maximum absolute atomic E-state index is 13.0. The second-order valence-electron chi connectivity index (χ2n) is 7.75. The average Bonchev–Trinajstić information content (AvgIpc) is 3.18. The van der Waals surface area contributed by atoms with Gasteiger partial charge in [-0.1, -0.05) is 54.6 Å². The Balaban J connectivity index is 1.50. The minimum absolute atomic E-state index is 0.105. The van der Waals surface area contributed by atoms with Crippen LogP contribution in [0.1, 0.15) is 22.1 Å². The number of benzene rings is 2. The number of hydrogen-bond acceptors (Lipinski definition) is 7. The number of carbonyl (C=O) groups is 1. The zero-order valence-corrected chi connectivity index (χ0v) is 17.8. The van der Waals surface area contributed by atoms with Crippen molar-refractivity contribution in [3.05, 3.63) is 92.8 Å². The molecule has 4 rings (SSSR count). The average molecular weight is 471 g/mol. The minimum Gasteiger partial charge on any atom is -0.394 e. The standard InChI is InChI=1S/C23H22FN3O7/c24-34-19-18(29)17(12-28)33-22(19)27-11-16(21(31)26-23(27)32)20(30)25-10-13-6-8-15(9-7-13)14-4-2-1-3-5-14/h1-9,11,17-19,22,28-29H,10,12H2,(H,25,30)(H,26,31,32)/t17-,18+,19-,22-/m1/s1. The van der Waals surface area contributed by atoms with Crippen molar-refractivity contribution in [2.24, 2.45) is 0 Å². The number of aliphatic hydroxyl groups excluding tert-OH is 2. The van der Waals surface area contributed by atoms with Crippen LogP contribution in [0.4, 0.5) is 4.53 Å². The highest BCUT2D eigenvalue weighted by Gasteiger charge is 2.47. The van der Waals surface area contributed by atoms with Crippen molar-refractivity contribution in [3.8, 4) is 11.1 Å². The molecule has 10 nitrogen and oxygen atoms in total. The number of aliphatic hydroxyl groups is 2. The van der Waals surface area contributed by atoms with Gasteiger partial charge in [0.2, 0.25) is 0 Å². The smallest absolute Gasteiger partial charge is 0.330 e. The molecule has 0 spiro atoms. The van der Waals surface area contributed by atoms with Gasteiger partial charge in [-0.15, -0.1) is 0 Å². The number of nitrogens with zero attached hydrogens (tertiary/aromatic N) is 1. The monoisotopic (exact) mass is 471 g/mol. The fraction of sp³-hybridized carbons (Fsp3) is 0.261. The van der Waals surface area contributed by atoms with Crippen LogP contribution >= 0.6 is 0 Å². The predicted molar refractivity (Wildman–Crippen MR) is 117 cm³/mol. The first-order valence-electron chi connectivity index (χ1n) is 10.4. The number of ether oxygens (including phenoxy) is 1. The number of amides is 1. The number of H-pyrrole nitrogens is 1. The third kappa shape index (κ3) is 4.68. The minimum atomic E-state index is -1.65. The van der Waals surface area contributed by atoms with E-state index in [1.807, 2.05) is 59.6 Å². The van der Waals surface area contributed by atoms with Gasteiger partial charge in [0.1, 0.15) is 17.8 Å². The molecular weight excluding hydrogens is 449 g/mol. The first-order chi connectivity index (χ1) is 16.4. The lowest BCUT2D eigenvalue weighted by atomic mass is 10.0. The molecule has 11 heteroatoms. The number of rotatable bonds is 7. The van der Waals surface area contributed by atoms with Crippen molar-refractivity contribution in [1.29, 1.82) is 0 Å². The number of aromatic amines is 1. The summed E-state index contributed by atoms with van der Waals surface area (Å²) in [6.07, 6.45) is -5.06. The molecule has 34 heavy (non-hydrogen) atoms. The lowest BCUT2D eigenvalue weighted by Crippen LogP contribution is -2.41. The molecule has 1 fully saturated rings. The molecule has 1 aliphatic heterocycles. The van der Waals surface area contributed by atoms with Crippen LogP contribution in [0.3, 0.4) is 0 Å². The van der Waals surface area contributed by atoms with Gasteiger partial charge in [-0.25, -0.2) is 4.79 Å². The summed E-state index contributed by atoms with van der Waals surface area (Å²) in [5.74, 6) is -0.780. The molecule has 0 unspecified atom stereocenters. The van der Waals surface area contributed by atoms with Crippen molar-refractivity contribution in [1.82, 2.24) is 14.9 Å². The Morgan fingerprint density at radius 2 is 1.79 bits per heavy atom. The van der Waals surface area contributed by atoms with Crippen LogP contribution in [0.2, 0.25) is 0 Å². The molecule has 4 atom stereocenters. The number of aromatic nitrogens is 2. The zero-order chi connectivity index (χ0) is 24.2. The second kappa shape index (κ2) is 10.1. The summed E-state index contributed by atoms with van der Waals surface area (Å²) in [6.45, 7) is -0.556. The van der Waals surface area contributed by atoms with E-state index in [1.54, 1.807) is 0 Å². The quantitative estimate of drug-likeness (QED) is 0.396. The number of nitrogens with one attached hydrogen (secondary N) is 2. The summed E-state index contributed by atoms with van der Waals surface area (Å²) in [7, 11) is 0. The second-order valence-corrected chi connectivity index (χ2v) is 7.75. The van der Waals surface area contributed by atoms with Gasteiger partial charge in [0.15, 0.2) is 12.3 Å². The molecule has 1 aromatic heterocycles. The van der Waals surface area contributed by atoms with Crippen molar-refractivity contribution in [3.63, 3.8) is 0 Å². The maximum atomic E-state index is 13.0. The molecule has 2 heterocycles. The molecule has 2 aromatic carbocycles. The van der Waals surface area contributed by atoms with E-state index < -0.39 is 53.9 Å². The highest BCUT2D eigenvalue weighted by molar-refractivity contribution is 5.93. The molecule has 0 radical (unpaired) electrons. The van der Waals surface area contributed by atoms with Crippen LogP contribution in [0.5, 0.6) is 0 Å². The zero-order valence-electron chi connectivity index (χ0n) is 17.8. The van der Waals surface area contributed by atoms with E-state index >= 15 is 0 Å². The van der Waals surface area contributed by atoms with Crippen molar-refractivity contribution >= 4 is 5.91 Å². The van der Waals surface area contributed by atoms with Crippen LogP contribution in [-0.4, -0.2) is 50.6 Å². The van der Waals surface area contributed by atoms with Crippen LogP contribution in [0.25, 0.3) is 11.1 Å². The summed E-state index contributed by atoms with van der Waals surface area (Å²) >= 11 is 0. The van der Waals surface area contributed by atoms with Crippen molar-refractivity contribution in [2.45, 2.75) is 31.1 Å². The normalized spacial score (nSPS) is 22.0. The fourth-order valence-electron chi connectivity index (χ4n) is 3.75. The largest absolute Gasteiger partial charge is 0.394 e. The van der Waals surface area contributed by atoms with Crippen LogP contribution in [0.15, 0.2) is 70.4 Å². The van der Waals surface area contributed by atoms with Crippen LogP contribution in [-0.2, 0) is 16.2 Å². The Labute approximate surface area is 192 Å². The molecule has 3 aromatic rings. The first kappa shape index (κ1) is 23.5. The Morgan fingerprint density at radius 1 is 1.12 bits per heavy atom. The highest BCUT2D eigenvalue weighted by Crippen LogP contribution is 2.30. The molecule has 178 valence electrons. The van der Waals surface area contributed by atoms with Gasteiger partial charge in [0.05, 0.1) is 6.61 Å². The Kier molecular flexibility index (Phi) is 6.98. The Bertz CT molecular complexity index is 1260. The predicted octanol–water partition coefficient (Wildman–Crippen LogP) is 0.654. The highest BCUT2D eigenvalue weighted by atomic mass is 19.3. The molecule has 0 saturated carbocycles. The van der Waals surface area contributed by atoms with E-state index in [9.17, 15) is 29.1 Å². The molecule has 1 aliphatic rings. The van der Waals surface area contributed by atoms with E-state index in [1.165, 1.54) is 0 Å². The van der Waals surface area contributed by atoms with E-state index in [-0.39, 0.29) is 6.54 Å². The van der Waals surface area contributed by atoms with E-state index in [0.29, 0.717) is 0 Å². The van der Waals surface area contributed by atoms with Gasteiger partial charge in [-0.05, 0) is 21.2 Å².